The molecule has 1 N–H and O–H groups in total. The van der Waals surface area contributed by atoms with Crippen LogP contribution in [0.2, 0.25) is 0 Å². The number of fused-ring (bicyclic) bond motifs is 3. The highest BCUT2D eigenvalue weighted by atomic mass is 16.5. The van der Waals surface area contributed by atoms with Gasteiger partial charge in [0.2, 0.25) is 0 Å². The van der Waals surface area contributed by atoms with Gasteiger partial charge in [-0.3, -0.25) is 14.4 Å². The molecule has 5 rings (SSSR count). The number of nitrogens with one attached hydrogen (secondary N) is 1. The van der Waals surface area contributed by atoms with Crippen molar-refractivity contribution in [1.29, 1.82) is 0 Å². The number of amides is 1. The second kappa shape index (κ2) is 7.31. The standard InChI is InChI=1S/C25H15NO6/c1-31-20-8-4-5-13-11-19(25(30)32-23(13)20)24(29)26-14-9-10-17-18(12-14)22(28)16-7-3-2-6-15(16)21(17)27/h2-12H,1H3,(H,26,29). The molecule has 7 nitrogen and oxygen atoms in total. The smallest absolute Gasteiger partial charge is 0.349 e. The fourth-order valence-corrected chi connectivity index (χ4v) is 3.81. The van der Waals surface area contributed by atoms with Crippen molar-refractivity contribution in [2.75, 3.05) is 12.4 Å². The van der Waals surface area contributed by atoms with Gasteiger partial charge >= 0.3 is 5.63 Å². The van der Waals surface area contributed by atoms with E-state index < -0.39 is 11.5 Å². The first-order chi connectivity index (χ1) is 15.5. The Kier molecular flexibility index (Phi) is 4.44. The molecule has 0 saturated carbocycles. The third kappa shape index (κ3) is 2.99. The first kappa shape index (κ1) is 19.4. The van der Waals surface area contributed by atoms with Crippen LogP contribution < -0.4 is 15.7 Å². The van der Waals surface area contributed by atoms with Crippen LogP contribution in [0.25, 0.3) is 11.0 Å². The summed E-state index contributed by atoms with van der Waals surface area (Å²) >= 11 is 0. The molecule has 0 saturated heterocycles. The average Bonchev–Trinajstić information content (AvgIpc) is 2.81. The number of methoxy groups -OCH3 is 1. The molecule has 7 heteroatoms. The lowest BCUT2D eigenvalue weighted by Crippen LogP contribution is -2.23. The molecule has 156 valence electrons. The number of anilines is 1. The molecule has 0 radical (unpaired) electrons. The summed E-state index contributed by atoms with van der Waals surface area (Å²) in [6, 6.07) is 17.5. The minimum atomic E-state index is -0.822. The number of para-hydroxylation sites is 1. The SMILES string of the molecule is COc1cccc2cc(C(=O)Nc3ccc4c(c3)C(=O)c3ccccc3C4=O)c(=O)oc12. The second-order valence-electron chi connectivity index (χ2n) is 7.24. The molecule has 1 amide bonds. The summed E-state index contributed by atoms with van der Waals surface area (Å²) in [4.78, 5) is 50.8. The summed E-state index contributed by atoms with van der Waals surface area (Å²) in [6.07, 6.45) is 0. The Bertz CT molecular complexity index is 1510. The molecule has 1 aliphatic carbocycles. The highest BCUT2D eigenvalue weighted by Crippen LogP contribution is 2.29. The minimum Gasteiger partial charge on any atom is -0.493 e. The quantitative estimate of drug-likeness (QED) is 0.441. The molecular formula is C25H15NO6. The van der Waals surface area contributed by atoms with Gasteiger partial charge in [-0.2, -0.15) is 0 Å². The summed E-state index contributed by atoms with van der Waals surface area (Å²) in [7, 11) is 1.45. The zero-order valence-electron chi connectivity index (χ0n) is 16.8. The van der Waals surface area contributed by atoms with Gasteiger partial charge in [0.15, 0.2) is 22.9 Å². The van der Waals surface area contributed by atoms with Crippen molar-refractivity contribution in [2.24, 2.45) is 0 Å². The number of ether oxygens (including phenoxy) is 1. The molecule has 0 bridgehead atoms. The van der Waals surface area contributed by atoms with Crippen LogP contribution in [0.5, 0.6) is 5.75 Å². The molecule has 32 heavy (non-hydrogen) atoms. The first-order valence-electron chi connectivity index (χ1n) is 9.72. The van der Waals surface area contributed by atoms with Gasteiger partial charge in [0.25, 0.3) is 5.91 Å². The number of carbonyl (C=O) groups excluding carboxylic acids is 3. The summed E-state index contributed by atoms with van der Waals surface area (Å²) in [5, 5.41) is 3.13. The van der Waals surface area contributed by atoms with Gasteiger partial charge in [-0.15, -0.1) is 0 Å². The maximum absolute atomic E-state index is 12.9. The maximum atomic E-state index is 12.9. The van der Waals surface area contributed by atoms with Crippen molar-refractivity contribution in [3.05, 3.63) is 105 Å². The topological polar surface area (TPSA) is 103 Å². The number of benzene rings is 3. The lowest BCUT2D eigenvalue weighted by atomic mass is 9.84. The van der Waals surface area contributed by atoms with Gasteiger partial charge in [0.05, 0.1) is 7.11 Å². The third-order valence-electron chi connectivity index (χ3n) is 5.37. The van der Waals surface area contributed by atoms with Crippen LogP contribution in [-0.2, 0) is 0 Å². The number of carbonyl (C=O) groups is 3. The van der Waals surface area contributed by atoms with Crippen LogP contribution >= 0.6 is 0 Å². The van der Waals surface area contributed by atoms with E-state index in [0.717, 1.165) is 0 Å². The minimum absolute atomic E-state index is 0.196. The molecule has 3 aromatic carbocycles. The van der Waals surface area contributed by atoms with E-state index in [-0.39, 0.29) is 39.5 Å². The van der Waals surface area contributed by atoms with Crippen molar-refractivity contribution in [1.82, 2.24) is 0 Å². The Hall–Kier alpha value is -4.52. The fraction of sp³-hybridized carbons (Fsp3) is 0.0400. The first-order valence-corrected chi connectivity index (χ1v) is 9.72. The van der Waals surface area contributed by atoms with Crippen LogP contribution in [0.3, 0.4) is 0 Å². The normalized spacial score (nSPS) is 12.3. The number of rotatable bonds is 3. The molecule has 1 heterocycles. The highest BCUT2D eigenvalue weighted by Gasteiger charge is 2.29. The van der Waals surface area contributed by atoms with E-state index in [1.165, 1.54) is 31.4 Å². The van der Waals surface area contributed by atoms with E-state index in [0.29, 0.717) is 22.3 Å². The molecule has 1 aliphatic rings. The molecule has 0 unspecified atom stereocenters. The number of hydrogen-bond donors (Lipinski definition) is 1. The number of ketones is 2. The van der Waals surface area contributed by atoms with Crippen molar-refractivity contribution in [3.63, 3.8) is 0 Å². The lowest BCUT2D eigenvalue weighted by Gasteiger charge is -2.18. The van der Waals surface area contributed by atoms with E-state index >= 15 is 0 Å². The summed E-state index contributed by atoms with van der Waals surface area (Å²) in [5.74, 6) is -0.871. The Morgan fingerprint density at radius 1 is 0.812 bits per heavy atom. The maximum Gasteiger partial charge on any atom is 0.349 e. The monoisotopic (exact) mass is 425 g/mol. The van der Waals surface area contributed by atoms with Crippen LogP contribution in [0.1, 0.15) is 42.2 Å². The van der Waals surface area contributed by atoms with Crippen molar-refractivity contribution < 1.29 is 23.5 Å². The predicted octanol–water partition coefficient (Wildman–Crippen LogP) is 3.83. The summed E-state index contributed by atoms with van der Waals surface area (Å²) in [5.41, 5.74) is 0.635. The van der Waals surface area contributed by atoms with Gasteiger partial charge in [-0.25, -0.2) is 4.79 Å². The number of hydrogen-bond acceptors (Lipinski definition) is 6. The summed E-state index contributed by atoms with van der Waals surface area (Å²) in [6.45, 7) is 0. The molecule has 0 aliphatic heterocycles. The van der Waals surface area contributed by atoms with Crippen LogP contribution in [0.4, 0.5) is 5.69 Å². The molecule has 0 spiro atoms. The van der Waals surface area contributed by atoms with Gasteiger partial charge < -0.3 is 14.5 Å². The van der Waals surface area contributed by atoms with Gasteiger partial charge in [-0.1, -0.05) is 36.4 Å². The zero-order valence-corrected chi connectivity index (χ0v) is 16.8. The average molecular weight is 425 g/mol. The van der Waals surface area contributed by atoms with E-state index in [9.17, 15) is 19.2 Å². The Balaban J connectivity index is 1.50. The van der Waals surface area contributed by atoms with E-state index in [4.69, 9.17) is 9.15 Å². The lowest BCUT2D eigenvalue weighted by molar-refractivity contribution is 0.0979. The van der Waals surface area contributed by atoms with Gasteiger partial charge in [0, 0.05) is 33.3 Å². The Morgan fingerprint density at radius 2 is 1.50 bits per heavy atom. The second-order valence-corrected chi connectivity index (χ2v) is 7.24. The molecule has 0 fully saturated rings. The molecular weight excluding hydrogens is 410 g/mol. The third-order valence-corrected chi connectivity index (χ3v) is 5.37. The van der Waals surface area contributed by atoms with Crippen molar-refractivity contribution in [3.8, 4) is 5.75 Å². The zero-order chi connectivity index (χ0) is 22.4. The largest absolute Gasteiger partial charge is 0.493 e. The molecule has 1 aromatic heterocycles. The van der Waals surface area contributed by atoms with Crippen LogP contribution in [0, 0.1) is 0 Å². The van der Waals surface area contributed by atoms with Crippen LogP contribution in [0.15, 0.2) is 75.9 Å². The van der Waals surface area contributed by atoms with Crippen molar-refractivity contribution in [2.45, 2.75) is 0 Å². The summed E-state index contributed by atoms with van der Waals surface area (Å²) < 4.78 is 10.5. The Morgan fingerprint density at radius 3 is 2.22 bits per heavy atom. The Labute approximate surface area is 181 Å². The van der Waals surface area contributed by atoms with E-state index in [2.05, 4.69) is 5.32 Å². The van der Waals surface area contributed by atoms with Crippen LogP contribution in [-0.4, -0.2) is 24.6 Å². The highest BCUT2D eigenvalue weighted by molar-refractivity contribution is 6.28. The fourth-order valence-electron chi connectivity index (χ4n) is 3.81. The molecule has 4 aromatic rings. The predicted molar refractivity (Wildman–Crippen MR) is 117 cm³/mol. The van der Waals surface area contributed by atoms with E-state index in [1.807, 2.05) is 0 Å². The van der Waals surface area contributed by atoms with Crippen molar-refractivity contribution >= 4 is 34.1 Å². The van der Waals surface area contributed by atoms with Gasteiger partial charge in [-0.05, 0) is 30.3 Å². The molecule has 0 atom stereocenters. The van der Waals surface area contributed by atoms with Gasteiger partial charge in [0.1, 0.15) is 5.56 Å². The van der Waals surface area contributed by atoms with E-state index in [1.54, 1.807) is 42.5 Å².